The van der Waals surface area contributed by atoms with Gasteiger partial charge in [0.15, 0.2) is 34.5 Å². The quantitative estimate of drug-likeness (QED) is 0.0725. The van der Waals surface area contributed by atoms with Gasteiger partial charge in [-0.1, -0.05) is 18.2 Å². The van der Waals surface area contributed by atoms with E-state index in [-0.39, 0.29) is 86.2 Å². The highest BCUT2D eigenvalue weighted by molar-refractivity contribution is 7.49. The molecule has 0 heterocycles. The third kappa shape index (κ3) is 12.5. The molecular weight excluding hydrogens is 996 g/mol. The zero-order valence-corrected chi connectivity index (χ0v) is 40.7. The van der Waals surface area contributed by atoms with Crippen LogP contribution in [0.3, 0.4) is 0 Å². The third-order valence-electron chi connectivity index (χ3n) is 10.7. The first-order valence-corrected chi connectivity index (χ1v) is 24.3. The second kappa shape index (κ2) is 23.3. The van der Waals surface area contributed by atoms with Crippen molar-refractivity contribution in [1.82, 2.24) is 0 Å². The van der Waals surface area contributed by atoms with Gasteiger partial charge in [-0.3, -0.25) is 0 Å². The van der Waals surface area contributed by atoms with Gasteiger partial charge in [-0.05, 0) is 182 Å². The van der Waals surface area contributed by atoms with Crippen molar-refractivity contribution in [2.24, 2.45) is 0 Å². The van der Waals surface area contributed by atoms with Crippen LogP contribution in [0.5, 0.6) is 86.2 Å². The molecule has 0 spiro atoms. The number of rotatable bonds is 18. The van der Waals surface area contributed by atoms with Gasteiger partial charge < -0.3 is 42.0 Å². The van der Waals surface area contributed by atoms with Crippen molar-refractivity contribution in [3.63, 3.8) is 0 Å². The van der Waals surface area contributed by atoms with Crippen LogP contribution in [-0.4, -0.2) is 0 Å². The molecule has 9 aromatic carbocycles. The van der Waals surface area contributed by atoms with E-state index in [1.807, 2.05) is 0 Å². The van der Waals surface area contributed by atoms with E-state index in [1.165, 1.54) is 109 Å². The van der Waals surface area contributed by atoms with Gasteiger partial charge in [-0.2, -0.15) is 36.1 Å². The maximum Gasteiger partial charge on any atom is 0.647 e. The summed E-state index contributed by atoms with van der Waals surface area (Å²) < 4.78 is 74.0. The summed E-state index contributed by atoms with van der Waals surface area (Å²) in [7, 11) is -5.30. The lowest BCUT2D eigenvalue weighted by Gasteiger charge is -2.24. The predicted molar refractivity (Wildman–Crippen MR) is 276 cm³/mol. The van der Waals surface area contributed by atoms with Crippen LogP contribution in [-0.2, 0) is 4.57 Å². The van der Waals surface area contributed by atoms with Crippen LogP contribution in [0, 0.1) is 68.0 Å². The largest absolute Gasteiger partial charge is 0.647 e. The molecule has 0 radical (unpaired) electrons. The van der Waals surface area contributed by atoms with E-state index >= 15 is 4.57 Å². The van der Waals surface area contributed by atoms with Gasteiger partial charge in [-0.15, -0.1) is 0 Å². The van der Waals surface area contributed by atoms with Crippen molar-refractivity contribution in [2.45, 2.75) is 0 Å². The Bertz CT molecular complexity index is 3520. The van der Waals surface area contributed by atoms with E-state index in [0.717, 1.165) is 0 Å². The first-order chi connectivity index (χ1) is 37.6. The van der Waals surface area contributed by atoms with E-state index in [2.05, 4.69) is 36.4 Å². The Labute approximate surface area is 440 Å². The molecule has 77 heavy (non-hydrogen) atoms. The van der Waals surface area contributed by atoms with Crippen molar-refractivity contribution < 1.29 is 46.6 Å². The zero-order chi connectivity index (χ0) is 53.6. The molecule has 0 atom stereocenters. The first kappa shape index (κ1) is 50.3. The van der Waals surface area contributed by atoms with Crippen LogP contribution in [0.25, 0.3) is 0 Å². The number of phosphoric acid groups is 1. The molecule has 368 valence electrons. The molecule has 0 aliphatic carbocycles. The molecule has 0 aromatic heterocycles. The molecule has 0 unspecified atom stereocenters. The summed E-state index contributed by atoms with van der Waals surface area (Å²) in [6, 6.07) is 63.0. The summed E-state index contributed by atoms with van der Waals surface area (Å²) in [5, 5.41) is 57.1. The van der Waals surface area contributed by atoms with Gasteiger partial charge in [0.25, 0.3) is 0 Å². The fraction of sp³-hybridized carbons (Fsp3) is 0. The van der Waals surface area contributed by atoms with Crippen molar-refractivity contribution in [1.29, 1.82) is 31.6 Å². The molecule has 0 saturated carbocycles. The third-order valence-corrected chi connectivity index (χ3v) is 12.0. The minimum Gasteiger partial charge on any atom is -0.453 e. The topological polar surface area (TPSA) is 243 Å². The highest BCUT2D eigenvalue weighted by atomic mass is 31.2. The lowest BCUT2D eigenvalue weighted by atomic mass is 10.2. The van der Waals surface area contributed by atoms with Crippen LogP contribution in [0.15, 0.2) is 200 Å². The number of nitrogens with zero attached hydrogens (tertiary/aromatic N) is 6. The summed E-state index contributed by atoms with van der Waals surface area (Å²) >= 11 is 0. The Hall–Kier alpha value is -11.7. The summed E-state index contributed by atoms with van der Waals surface area (Å²) in [6.45, 7) is 0. The average Bonchev–Trinajstić information content (AvgIpc) is 3.46. The summed E-state index contributed by atoms with van der Waals surface area (Å²) in [5.41, 5.74) is 2.16. The predicted octanol–water partition coefficient (Wildman–Crippen LogP) is 15.3. The van der Waals surface area contributed by atoms with Crippen molar-refractivity contribution in [3.05, 3.63) is 234 Å². The van der Waals surface area contributed by atoms with Gasteiger partial charge in [0.05, 0.1) is 69.8 Å². The minimum absolute atomic E-state index is 0.0356. The number of nitriles is 6. The molecule has 0 aliphatic heterocycles. The van der Waals surface area contributed by atoms with Gasteiger partial charge >= 0.3 is 7.82 Å². The Morgan fingerprint density at radius 1 is 0.247 bits per heavy atom. The molecule has 0 amide bonds. The van der Waals surface area contributed by atoms with E-state index < -0.39 is 7.82 Å². The van der Waals surface area contributed by atoms with Crippen LogP contribution >= 0.6 is 7.82 Å². The minimum atomic E-state index is -5.30. The molecule has 0 aliphatic rings. The molecule has 0 N–H and O–H groups in total. The molecule has 0 bridgehead atoms. The number of ether oxygens (including phenoxy) is 6. The fourth-order valence-corrected chi connectivity index (χ4v) is 8.25. The van der Waals surface area contributed by atoms with Crippen molar-refractivity contribution in [3.8, 4) is 123 Å². The Morgan fingerprint density at radius 3 is 0.623 bits per heavy atom. The van der Waals surface area contributed by atoms with Crippen LogP contribution in [0.4, 0.5) is 0 Å². The van der Waals surface area contributed by atoms with Crippen LogP contribution in [0.1, 0.15) is 33.4 Å². The van der Waals surface area contributed by atoms with E-state index in [0.29, 0.717) is 33.4 Å². The Balaban J connectivity index is 1.21. The molecule has 0 saturated heterocycles. The number of hydrogen-bond acceptors (Lipinski definition) is 16. The zero-order valence-electron chi connectivity index (χ0n) is 39.8. The van der Waals surface area contributed by atoms with Gasteiger partial charge in [0, 0.05) is 0 Å². The molecule has 16 nitrogen and oxygen atoms in total. The second-order valence-electron chi connectivity index (χ2n) is 15.9. The Morgan fingerprint density at radius 2 is 0.429 bits per heavy atom. The Kier molecular flexibility index (Phi) is 15.2. The summed E-state index contributed by atoms with van der Waals surface area (Å²) in [5.74, 6) is 0.364. The van der Waals surface area contributed by atoms with Crippen molar-refractivity contribution in [2.75, 3.05) is 0 Å². The SMILES string of the molecule is N#Cc1ccc(Oc2cccc(OP(=O)(Oc3cccc(Oc4ccc(C#N)cc4)c3Oc3ccc(C#N)cc3)Oc3cccc(Oc4ccc(C#N)cc4)c3Oc3ccc(C#N)cc3)c2Oc2ccc(C#N)cc2)cc1. The maximum absolute atomic E-state index is 16.3. The molecular formula is C60H33N6O10P. The van der Waals surface area contributed by atoms with E-state index in [9.17, 15) is 31.6 Å². The van der Waals surface area contributed by atoms with Crippen LogP contribution < -0.4 is 42.0 Å². The molecule has 17 heteroatoms. The standard InChI is InChI=1S/C60H33N6O10P/c61-34-40-10-22-46(23-11-40)68-52-4-1-7-55(58(52)71-49-28-16-43(37-64)17-29-49)74-77(67,75-56-8-2-5-53(69-47-24-12-41(35-62)13-25-47)59(56)72-50-30-18-44(38-65)19-31-50)76-57-9-3-6-54(70-48-26-14-42(36-63)15-27-48)60(57)73-51-32-20-45(39-66)21-33-51/h1-33H. The van der Waals surface area contributed by atoms with Gasteiger partial charge in [0.1, 0.15) is 34.5 Å². The summed E-state index contributed by atoms with van der Waals surface area (Å²) in [4.78, 5) is 0. The number of benzene rings is 9. The smallest absolute Gasteiger partial charge is 0.453 e. The molecule has 9 aromatic rings. The lowest BCUT2D eigenvalue weighted by Crippen LogP contribution is -2.10. The number of para-hydroxylation sites is 3. The van der Waals surface area contributed by atoms with E-state index in [4.69, 9.17) is 42.0 Å². The highest BCUT2D eigenvalue weighted by Crippen LogP contribution is 2.59. The van der Waals surface area contributed by atoms with E-state index in [1.54, 1.807) is 91.0 Å². The number of hydrogen-bond donors (Lipinski definition) is 0. The van der Waals surface area contributed by atoms with Gasteiger partial charge in [-0.25, -0.2) is 0 Å². The molecule has 0 fully saturated rings. The molecule has 9 rings (SSSR count). The van der Waals surface area contributed by atoms with Crippen LogP contribution in [0.2, 0.25) is 0 Å². The maximum atomic E-state index is 16.3. The lowest BCUT2D eigenvalue weighted by molar-refractivity contribution is 0.281. The van der Waals surface area contributed by atoms with Crippen molar-refractivity contribution >= 4 is 7.82 Å². The monoisotopic (exact) mass is 1030 g/mol. The highest BCUT2D eigenvalue weighted by Gasteiger charge is 2.39. The van der Waals surface area contributed by atoms with Gasteiger partial charge in [0.2, 0.25) is 17.2 Å². The normalized spacial score (nSPS) is 10.3. The fourth-order valence-electron chi connectivity index (χ4n) is 6.98. The average molecular weight is 1030 g/mol. The first-order valence-electron chi connectivity index (χ1n) is 22.8. The number of phosphoric ester groups is 1. The summed E-state index contributed by atoms with van der Waals surface area (Å²) in [6.07, 6.45) is 0. The second-order valence-corrected chi connectivity index (χ2v) is 17.3.